The van der Waals surface area contributed by atoms with Crippen LogP contribution >= 0.6 is 0 Å². The van der Waals surface area contributed by atoms with Crippen LogP contribution in [-0.4, -0.2) is 47.2 Å². The summed E-state index contributed by atoms with van der Waals surface area (Å²) in [5.41, 5.74) is 0.329. The van der Waals surface area contributed by atoms with E-state index in [0.717, 1.165) is 12.8 Å². The molecule has 0 atom stereocenters. The van der Waals surface area contributed by atoms with Gasteiger partial charge in [-0.3, -0.25) is 4.79 Å². The Hall–Kier alpha value is -1.75. The van der Waals surface area contributed by atoms with Crippen molar-refractivity contribution in [1.82, 2.24) is 10.2 Å². The number of piperidine rings is 1. The van der Waals surface area contributed by atoms with E-state index in [1.54, 1.807) is 4.90 Å². The lowest BCUT2D eigenvalue weighted by Gasteiger charge is -2.31. The predicted octanol–water partition coefficient (Wildman–Crippen LogP) is 0.922. The average molecular weight is 250 g/mol. The minimum atomic E-state index is -0.143. The summed E-state index contributed by atoms with van der Waals surface area (Å²) >= 11 is 0. The van der Waals surface area contributed by atoms with Crippen LogP contribution in [-0.2, 0) is 0 Å². The third kappa shape index (κ3) is 2.73. The molecule has 18 heavy (non-hydrogen) atoms. The molecule has 0 aromatic heterocycles. The SMILES string of the molecule is CNC1CCN(C(=O)c2cc(O)cc(O)c2)CC1. The Morgan fingerprint density at radius 1 is 1.22 bits per heavy atom. The van der Waals surface area contributed by atoms with E-state index in [1.807, 2.05) is 7.05 Å². The number of nitrogens with zero attached hydrogens (tertiary/aromatic N) is 1. The van der Waals surface area contributed by atoms with Crippen molar-refractivity contribution in [2.75, 3.05) is 20.1 Å². The van der Waals surface area contributed by atoms with Crippen molar-refractivity contribution in [3.05, 3.63) is 23.8 Å². The Balaban J connectivity index is 2.07. The second kappa shape index (κ2) is 5.27. The van der Waals surface area contributed by atoms with Crippen LogP contribution in [0.3, 0.4) is 0 Å². The highest BCUT2D eigenvalue weighted by molar-refractivity contribution is 5.95. The van der Waals surface area contributed by atoms with E-state index in [0.29, 0.717) is 24.7 Å². The largest absolute Gasteiger partial charge is 0.508 e. The number of benzene rings is 1. The average Bonchev–Trinajstić information content (AvgIpc) is 2.37. The van der Waals surface area contributed by atoms with Gasteiger partial charge in [-0.05, 0) is 32.0 Å². The molecule has 0 spiro atoms. The molecule has 0 radical (unpaired) electrons. The number of aromatic hydroxyl groups is 2. The summed E-state index contributed by atoms with van der Waals surface area (Å²) < 4.78 is 0. The zero-order valence-electron chi connectivity index (χ0n) is 10.4. The van der Waals surface area contributed by atoms with Gasteiger partial charge in [-0.1, -0.05) is 0 Å². The van der Waals surface area contributed by atoms with Gasteiger partial charge in [0.15, 0.2) is 0 Å². The first-order valence-corrected chi connectivity index (χ1v) is 6.09. The first-order chi connectivity index (χ1) is 8.60. The van der Waals surface area contributed by atoms with Gasteiger partial charge >= 0.3 is 0 Å². The molecule has 2 rings (SSSR count). The maximum absolute atomic E-state index is 12.2. The third-order valence-electron chi connectivity index (χ3n) is 3.34. The monoisotopic (exact) mass is 250 g/mol. The number of rotatable bonds is 2. The maximum Gasteiger partial charge on any atom is 0.254 e. The number of hydrogen-bond donors (Lipinski definition) is 3. The summed E-state index contributed by atoms with van der Waals surface area (Å²) in [7, 11) is 1.93. The van der Waals surface area contributed by atoms with Crippen LogP contribution in [0.2, 0.25) is 0 Å². The summed E-state index contributed by atoms with van der Waals surface area (Å²) in [4.78, 5) is 13.9. The van der Waals surface area contributed by atoms with Gasteiger partial charge in [0.1, 0.15) is 11.5 Å². The van der Waals surface area contributed by atoms with E-state index < -0.39 is 0 Å². The number of amides is 1. The summed E-state index contributed by atoms with van der Waals surface area (Å²) in [6.07, 6.45) is 1.85. The summed E-state index contributed by atoms with van der Waals surface area (Å²) in [5, 5.41) is 22.0. The Morgan fingerprint density at radius 2 is 1.78 bits per heavy atom. The Morgan fingerprint density at radius 3 is 2.28 bits per heavy atom. The molecule has 0 aliphatic carbocycles. The van der Waals surface area contributed by atoms with E-state index in [1.165, 1.54) is 18.2 Å². The van der Waals surface area contributed by atoms with Crippen molar-refractivity contribution in [3.63, 3.8) is 0 Å². The normalized spacial score (nSPS) is 16.8. The molecule has 3 N–H and O–H groups in total. The van der Waals surface area contributed by atoms with Gasteiger partial charge in [0.05, 0.1) is 0 Å². The van der Waals surface area contributed by atoms with Gasteiger partial charge in [0.25, 0.3) is 5.91 Å². The van der Waals surface area contributed by atoms with Crippen molar-refractivity contribution in [2.24, 2.45) is 0 Å². The summed E-state index contributed by atoms with van der Waals surface area (Å²) in [6.45, 7) is 1.39. The molecule has 5 nitrogen and oxygen atoms in total. The fourth-order valence-corrected chi connectivity index (χ4v) is 2.27. The van der Waals surface area contributed by atoms with Gasteiger partial charge in [-0.25, -0.2) is 0 Å². The Bertz CT molecular complexity index is 420. The molecule has 0 unspecified atom stereocenters. The quantitative estimate of drug-likeness (QED) is 0.730. The molecule has 1 amide bonds. The molecule has 1 heterocycles. The van der Waals surface area contributed by atoms with Gasteiger partial charge in [-0.2, -0.15) is 0 Å². The lowest BCUT2D eigenvalue weighted by Crippen LogP contribution is -2.43. The van der Waals surface area contributed by atoms with Crippen molar-refractivity contribution in [2.45, 2.75) is 18.9 Å². The highest BCUT2D eigenvalue weighted by atomic mass is 16.3. The van der Waals surface area contributed by atoms with Gasteiger partial charge in [-0.15, -0.1) is 0 Å². The molecular formula is C13H18N2O3. The lowest BCUT2D eigenvalue weighted by molar-refractivity contribution is 0.0706. The zero-order valence-corrected chi connectivity index (χ0v) is 10.4. The second-order valence-electron chi connectivity index (χ2n) is 4.59. The number of phenols is 2. The van der Waals surface area contributed by atoms with E-state index in [4.69, 9.17) is 0 Å². The molecule has 1 aromatic carbocycles. The third-order valence-corrected chi connectivity index (χ3v) is 3.34. The molecule has 5 heteroatoms. The minimum Gasteiger partial charge on any atom is -0.508 e. The maximum atomic E-state index is 12.2. The van der Waals surface area contributed by atoms with E-state index in [-0.39, 0.29) is 17.4 Å². The van der Waals surface area contributed by atoms with Crippen LogP contribution in [0.4, 0.5) is 0 Å². The first-order valence-electron chi connectivity index (χ1n) is 6.09. The van der Waals surface area contributed by atoms with Crippen molar-refractivity contribution >= 4 is 5.91 Å². The number of hydrogen-bond acceptors (Lipinski definition) is 4. The molecule has 1 aromatic rings. The van der Waals surface area contributed by atoms with E-state index in [9.17, 15) is 15.0 Å². The van der Waals surface area contributed by atoms with Crippen LogP contribution in [0, 0.1) is 0 Å². The smallest absolute Gasteiger partial charge is 0.254 e. The molecule has 98 valence electrons. The van der Waals surface area contributed by atoms with Gasteiger partial charge in [0, 0.05) is 30.8 Å². The Kier molecular flexibility index (Phi) is 3.72. The van der Waals surface area contributed by atoms with Crippen LogP contribution in [0.15, 0.2) is 18.2 Å². The molecule has 1 aliphatic rings. The first kappa shape index (κ1) is 12.7. The summed E-state index contributed by atoms with van der Waals surface area (Å²) in [6, 6.07) is 4.44. The molecule has 0 saturated carbocycles. The zero-order chi connectivity index (χ0) is 13.1. The summed E-state index contributed by atoms with van der Waals surface area (Å²) in [5.74, 6) is -0.331. The van der Waals surface area contributed by atoms with Gasteiger partial charge in [0.2, 0.25) is 0 Å². The second-order valence-corrected chi connectivity index (χ2v) is 4.59. The number of likely N-dealkylation sites (tertiary alicyclic amines) is 1. The van der Waals surface area contributed by atoms with E-state index >= 15 is 0 Å². The minimum absolute atomic E-state index is 0.0940. The molecular weight excluding hydrogens is 232 g/mol. The lowest BCUT2D eigenvalue weighted by atomic mass is 10.0. The highest BCUT2D eigenvalue weighted by Crippen LogP contribution is 2.22. The van der Waals surface area contributed by atoms with Crippen LogP contribution in [0.25, 0.3) is 0 Å². The van der Waals surface area contributed by atoms with Crippen LogP contribution in [0.5, 0.6) is 11.5 Å². The van der Waals surface area contributed by atoms with Crippen molar-refractivity contribution < 1.29 is 15.0 Å². The van der Waals surface area contributed by atoms with Crippen molar-refractivity contribution in [3.8, 4) is 11.5 Å². The Labute approximate surface area is 106 Å². The number of nitrogens with one attached hydrogen (secondary N) is 1. The fraction of sp³-hybridized carbons (Fsp3) is 0.462. The molecule has 1 saturated heterocycles. The molecule has 0 bridgehead atoms. The topological polar surface area (TPSA) is 72.8 Å². The number of phenolic OH excluding ortho intramolecular Hbond substituents is 2. The number of carbonyl (C=O) groups is 1. The van der Waals surface area contributed by atoms with Gasteiger partial charge < -0.3 is 20.4 Å². The molecule has 1 aliphatic heterocycles. The van der Waals surface area contributed by atoms with Crippen LogP contribution in [0.1, 0.15) is 23.2 Å². The van der Waals surface area contributed by atoms with Crippen LogP contribution < -0.4 is 5.32 Å². The molecule has 1 fully saturated rings. The van der Waals surface area contributed by atoms with E-state index in [2.05, 4.69) is 5.32 Å². The predicted molar refractivity (Wildman–Crippen MR) is 67.8 cm³/mol. The number of carbonyl (C=O) groups excluding carboxylic acids is 1. The fourth-order valence-electron chi connectivity index (χ4n) is 2.27. The van der Waals surface area contributed by atoms with Crippen molar-refractivity contribution in [1.29, 1.82) is 0 Å². The standard InChI is InChI=1S/C13H18N2O3/c1-14-10-2-4-15(5-3-10)13(18)9-6-11(16)8-12(17)7-9/h6-8,10,14,16-17H,2-5H2,1H3. The highest BCUT2D eigenvalue weighted by Gasteiger charge is 2.23.